The average Bonchev–Trinajstić information content (AvgIpc) is 2.88. The molecule has 0 amide bonds. The predicted molar refractivity (Wildman–Crippen MR) is 76.0 cm³/mol. The van der Waals surface area contributed by atoms with Crippen LogP contribution in [-0.4, -0.2) is 16.5 Å². The highest BCUT2D eigenvalue weighted by Gasteiger charge is 2.09. The highest BCUT2D eigenvalue weighted by molar-refractivity contribution is 5.82. The first-order valence-electron chi connectivity index (χ1n) is 6.51. The zero-order valence-corrected chi connectivity index (χ0v) is 11.1. The standard InChI is InChI=1S/C15H14FN3O/c1-2-5-17-15-8-12(18-9-19-15)14-7-10-6-11(16)3-4-13(10)20-14/h3-4,6-9H,2,5H2,1H3,(H,17,18,19). The molecule has 0 fully saturated rings. The fraction of sp³-hybridized carbons (Fsp3) is 0.200. The molecule has 0 bridgehead atoms. The van der Waals surface area contributed by atoms with Crippen LogP contribution in [0.25, 0.3) is 22.4 Å². The van der Waals surface area contributed by atoms with Crippen LogP contribution in [0.2, 0.25) is 0 Å². The van der Waals surface area contributed by atoms with Gasteiger partial charge < -0.3 is 9.73 Å². The van der Waals surface area contributed by atoms with Gasteiger partial charge in [-0.15, -0.1) is 0 Å². The van der Waals surface area contributed by atoms with E-state index in [1.165, 1.54) is 18.5 Å². The molecule has 3 aromatic rings. The molecule has 0 aliphatic heterocycles. The lowest BCUT2D eigenvalue weighted by molar-refractivity contribution is 0.617. The first-order valence-corrected chi connectivity index (χ1v) is 6.51. The Morgan fingerprint density at radius 3 is 2.95 bits per heavy atom. The largest absolute Gasteiger partial charge is 0.454 e. The van der Waals surface area contributed by atoms with Gasteiger partial charge >= 0.3 is 0 Å². The Balaban J connectivity index is 1.97. The van der Waals surface area contributed by atoms with Crippen LogP contribution in [0.4, 0.5) is 10.2 Å². The summed E-state index contributed by atoms with van der Waals surface area (Å²) in [5.41, 5.74) is 1.32. The van der Waals surface area contributed by atoms with Crippen LogP contribution in [0.1, 0.15) is 13.3 Å². The monoisotopic (exact) mass is 271 g/mol. The van der Waals surface area contributed by atoms with Gasteiger partial charge in [0, 0.05) is 18.0 Å². The van der Waals surface area contributed by atoms with Crippen molar-refractivity contribution < 1.29 is 8.81 Å². The summed E-state index contributed by atoms with van der Waals surface area (Å²) in [6.45, 7) is 2.94. The van der Waals surface area contributed by atoms with Crippen molar-refractivity contribution in [2.45, 2.75) is 13.3 Å². The summed E-state index contributed by atoms with van der Waals surface area (Å²) >= 11 is 0. The molecular weight excluding hydrogens is 257 g/mol. The molecule has 0 saturated carbocycles. The fourth-order valence-electron chi connectivity index (χ4n) is 1.98. The summed E-state index contributed by atoms with van der Waals surface area (Å²) < 4.78 is 18.9. The van der Waals surface area contributed by atoms with E-state index in [1.54, 1.807) is 12.1 Å². The first-order chi connectivity index (χ1) is 9.76. The van der Waals surface area contributed by atoms with Gasteiger partial charge in [-0.2, -0.15) is 0 Å². The molecular formula is C15H14FN3O. The van der Waals surface area contributed by atoms with Gasteiger partial charge in [0.25, 0.3) is 0 Å². The van der Waals surface area contributed by atoms with E-state index in [0.29, 0.717) is 17.0 Å². The highest BCUT2D eigenvalue weighted by atomic mass is 19.1. The maximum atomic E-state index is 13.2. The average molecular weight is 271 g/mol. The van der Waals surface area contributed by atoms with Crippen LogP contribution in [0, 0.1) is 5.82 Å². The SMILES string of the molecule is CCCNc1cc(-c2cc3cc(F)ccc3o2)ncn1. The van der Waals surface area contributed by atoms with Crippen molar-refractivity contribution in [3.63, 3.8) is 0 Å². The van der Waals surface area contributed by atoms with Gasteiger partial charge in [0.2, 0.25) is 0 Å². The highest BCUT2D eigenvalue weighted by Crippen LogP contribution is 2.27. The second kappa shape index (κ2) is 5.28. The molecule has 2 aromatic heterocycles. The molecule has 0 saturated heterocycles. The number of nitrogens with one attached hydrogen (secondary N) is 1. The molecule has 0 radical (unpaired) electrons. The Hall–Kier alpha value is -2.43. The second-order valence-corrected chi connectivity index (χ2v) is 4.51. The summed E-state index contributed by atoms with van der Waals surface area (Å²) in [5.74, 6) is 1.08. The summed E-state index contributed by atoms with van der Waals surface area (Å²) in [6.07, 6.45) is 2.50. The van der Waals surface area contributed by atoms with Crippen LogP contribution < -0.4 is 5.32 Å². The minimum Gasteiger partial charge on any atom is -0.454 e. The van der Waals surface area contributed by atoms with E-state index < -0.39 is 0 Å². The number of rotatable bonds is 4. The molecule has 5 heteroatoms. The first kappa shape index (κ1) is 12.6. The molecule has 0 aliphatic rings. The van der Waals surface area contributed by atoms with E-state index in [1.807, 2.05) is 6.07 Å². The van der Waals surface area contributed by atoms with Crippen molar-refractivity contribution in [2.24, 2.45) is 0 Å². The number of furan rings is 1. The lowest BCUT2D eigenvalue weighted by atomic mass is 10.2. The third-order valence-electron chi connectivity index (χ3n) is 2.95. The number of nitrogens with zero attached hydrogens (tertiary/aromatic N) is 2. The third kappa shape index (κ3) is 2.47. The van der Waals surface area contributed by atoms with Crippen molar-refractivity contribution in [1.82, 2.24) is 9.97 Å². The molecule has 20 heavy (non-hydrogen) atoms. The van der Waals surface area contributed by atoms with Gasteiger partial charge in [0.15, 0.2) is 5.76 Å². The van der Waals surface area contributed by atoms with Gasteiger partial charge in [-0.3, -0.25) is 0 Å². The van der Waals surface area contributed by atoms with E-state index in [2.05, 4.69) is 22.2 Å². The maximum absolute atomic E-state index is 13.2. The number of fused-ring (bicyclic) bond motifs is 1. The Kier molecular flexibility index (Phi) is 3.33. The molecule has 4 nitrogen and oxygen atoms in total. The molecule has 3 rings (SSSR count). The van der Waals surface area contributed by atoms with Crippen LogP contribution in [0.3, 0.4) is 0 Å². The Labute approximate surface area is 115 Å². The van der Waals surface area contributed by atoms with Crippen LogP contribution in [-0.2, 0) is 0 Å². The quantitative estimate of drug-likeness (QED) is 0.783. The maximum Gasteiger partial charge on any atom is 0.153 e. The topological polar surface area (TPSA) is 51.0 Å². The summed E-state index contributed by atoms with van der Waals surface area (Å²) in [6, 6.07) is 8.04. The van der Waals surface area contributed by atoms with Gasteiger partial charge in [-0.25, -0.2) is 14.4 Å². The van der Waals surface area contributed by atoms with Gasteiger partial charge in [0.05, 0.1) is 0 Å². The number of hydrogen-bond donors (Lipinski definition) is 1. The van der Waals surface area contributed by atoms with E-state index in [9.17, 15) is 4.39 Å². The van der Waals surface area contributed by atoms with E-state index in [-0.39, 0.29) is 5.82 Å². The van der Waals surface area contributed by atoms with E-state index in [0.717, 1.165) is 24.2 Å². The van der Waals surface area contributed by atoms with Crippen molar-refractivity contribution >= 4 is 16.8 Å². The molecule has 0 unspecified atom stereocenters. The number of anilines is 1. The molecule has 0 aliphatic carbocycles. The number of hydrogen-bond acceptors (Lipinski definition) is 4. The zero-order chi connectivity index (χ0) is 13.9. The van der Waals surface area contributed by atoms with Gasteiger partial charge in [-0.05, 0) is 30.7 Å². The minimum absolute atomic E-state index is 0.280. The molecule has 0 spiro atoms. The summed E-state index contributed by atoms with van der Waals surface area (Å²) in [5, 5.41) is 3.92. The van der Waals surface area contributed by atoms with Crippen molar-refractivity contribution in [3.8, 4) is 11.5 Å². The lowest BCUT2D eigenvalue weighted by Crippen LogP contribution is -2.02. The number of aromatic nitrogens is 2. The van der Waals surface area contributed by atoms with Crippen molar-refractivity contribution in [1.29, 1.82) is 0 Å². The van der Waals surface area contributed by atoms with Crippen molar-refractivity contribution in [2.75, 3.05) is 11.9 Å². The normalized spacial score (nSPS) is 10.9. The number of halogens is 1. The van der Waals surface area contributed by atoms with Gasteiger partial charge in [0.1, 0.15) is 29.2 Å². The Morgan fingerprint density at radius 1 is 1.20 bits per heavy atom. The van der Waals surface area contributed by atoms with Gasteiger partial charge in [-0.1, -0.05) is 6.92 Å². The minimum atomic E-state index is -0.280. The summed E-state index contributed by atoms with van der Waals surface area (Å²) in [7, 11) is 0. The predicted octanol–water partition coefficient (Wildman–Crippen LogP) is 3.85. The van der Waals surface area contributed by atoms with E-state index in [4.69, 9.17) is 4.42 Å². The molecule has 0 atom stereocenters. The third-order valence-corrected chi connectivity index (χ3v) is 2.95. The molecule has 2 heterocycles. The lowest BCUT2D eigenvalue weighted by Gasteiger charge is -2.03. The van der Waals surface area contributed by atoms with Crippen LogP contribution >= 0.6 is 0 Å². The Morgan fingerprint density at radius 2 is 2.10 bits per heavy atom. The van der Waals surface area contributed by atoms with Crippen LogP contribution in [0.5, 0.6) is 0 Å². The van der Waals surface area contributed by atoms with E-state index >= 15 is 0 Å². The smallest absolute Gasteiger partial charge is 0.153 e. The molecule has 1 N–H and O–H groups in total. The fourth-order valence-corrected chi connectivity index (χ4v) is 1.98. The Bertz CT molecular complexity index is 739. The molecule has 1 aromatic carbocycles. The zero-order valence-electron chi connectivity index (χ0n) is 11.1. The number of benzene rings is 1. The van der Waals surface area contributed by atoms with Crippen LogP contribution in [0.15, 0.2) is 41.1 Å². The van der Waals surface area contributed by atoms with Crippen molar-refractivity contribution in [3.05, 3.63) is 42.5 Å². The second-order valence-electron chi connectivity index (χ2n) is 4.51. The summed E-state index contributed by atoms with van der Waals surface area (Å²) in [4.78, 5) is 8.34. The molecule has 102 valence electrons.